The van der Waals surface area contributed by atoms with Crippen LogP contribution in [0.2, 0.25) is 0 Å². The van der Waals surface area contributed by atoms with Crippen LogP contribution in [-0.2, 0) is 23.9 Å². The Morgan fingerprint density at radius 2 is 1.19 bits per heavy atom. The molecule has 0 saturated heterocycles. The van der Waals surface area contributed by atoms with Crippen molar-refractivity contribution in [1.82, 2.24) is 0 Å². The van der Waals surface area contributed by atoms with E-state index in [9.17, 15) is 24.0 Å². The minimum absolute atomic E-state index is 0.296. The Bertz CT molecular complexity index is 1060. The highest BCUT2D eigenvalue weighted by Gasteiger charge is 2.07. The van der Waals surface area contributed by atoms with Crippen LogP contribution in [-0.4, -0.2) is 59.3 Å². The molecule has 0 radical (unpaired) electrons. The second-order valence-electron chi connectivity index (χ2n) is 9.55. The van der Waals surface area contributed by atoms with Crippen molar-refractivity contribution in [3.63, 3.8) is 0 Å². The number of allylic oxidation sites excluding steroid dienone is 7. The van der Waals surface area contributed by atoms with E-state index in [1.165, 1.54) is 55.9 Å². The molecule has 0 fully saturated rings. The van der Waals surface area contributed by atoms with E-state index in [1.54, 1.807) is 43.5 Å². The molecule has 1 aromatic rings. The smallest absolute Gasteiger partial charge is 0.338 e. The third-order valence-corrected chi connectivity index (χ3v) is 5.90. The fraction of sp³-hybridized carbons (Fsp3) is 0.424. The van der Waals surface area contributed by atoms with Gasteiger partial charge in [-0.05, 0) is 43.5 Å². The van der Waals surface area contributed by atoms with E-state index in [0.29, 0.717) is 12.2 Å². The number of carbonyl (C=O) groups excluding carboxylic acids is 2. The van der Waals surface area contributed by atoms with E-state index in [1.807, 2.05) is 18.2 Å². The number of unbranched alkanes of at least 4 members (excludes halogenated alkanes) is 9. The van der Waals surface area contributed by atoms with Crippen LogP contribution in [0.25, 0.3) is 0 Å². The molecule has 1 aromatic carbocycles. The van der Waals surface area contributed by atoms with Gasteiger partial charge in [0.2, 0.25) is 6.41 Å². The molecule has 0 saturated carbocycles. The summed E-state index contributed by atoms with van der Waals surface area (Å²) in [5.74, 6) is -3.42. The molecular formula is C33H45NO9. The highest BCUT2D eigenvalue weighted by atomic mass is 16.5. The van der Waals surface area contributed by atoms with Crippen LogP contribution in [0.4, 0.5) is 5.69 Å². The number of carboxylic acids is 3. The second-order valence-corrected chi connectivity index (χ2v) is 9.55. The zero-order chi connectivity index (χ0) is 32.1. The first-order valence-electron chi connectivity index (χ1n) is 14.5. The van der Waals surface area contributed by atoms with Crippen LogP contribution in [0.15, 0.2) is 72.9 Å². The maximum absolute atomic E-state index is 12.1. The van der Waals surface area contributed by atoms with Crippen molar-refractivity contribution in [2.75, 3.05) is 18.6 Å². The normalized spacial score (nSPS) is 11.1. The van der Waals surface area contributed by atoms with Crippen LogP contribution < -0.4 is 4.90 Å². The highest BCUT2D eigenvalue weighted by Crippen LogP contribution is 2.14. The first kappa shape index (κ1) is 38.5. The van der Waals surface area contributed by atoms with Gasteiger partial charge >= 0.3 is 23.9 Å². The Balaban J connectivity index is 0.00000192. The number of aliphatic carboxylic acids is 3. The zero-order valence-electron chi connectivity index (χ0n) is 24.9. The van der Waals surface area contributed by atoms with E-state index < -0.39 is 17.9 Å². The molecule has 0 aliphatic rings. The van der Waals surface area contributed by atoms with Gasteiger partial charge in [-0.15, -0.1) is 0 Å². The molecule has 0 aliphatic carbocycles. The van der Waals surface area contributed by atoms with Gasteiger partial charge in [0.15, 0.2) is 0 Å². The Morgan fingerprint density at radius 1 is 0.698 bits per heavy atom. The average Bonchev–Trinajstić information content (AvgIpc) is 2.98. The predicted molar refractivity (Wildman–Crippen MR) is 166 cm³/mol. The van der Waals surface area contributed by atoms with E-state index in [4.69, 9.17) is 20.1 Å². The van der Waals surface area contributed by atoms with Crippen LogP contribution in [0, 0.1) is 0 Å². The molecule has 10 heteroatoms. The lowest BCUT2D eigenvalue weighted by molar-refractivity contribution is -0.143. The molecule has 0 aliphatic heterocycles. The van der Waals surface area contributed by atoms with E-state index in [0.717, 1.165) is 37.4 Å². The van der Waals surface area contributed by atoms with Gasteiger partial charge in [0.05, 0.1) is 25.0 Å². The van der Waals surface area contributed by atoms with Gasteiger partial charge in [-0.25, -0.2) is 9.59 Å². The Labute approximate surface area is 254 Å². The van der Waals surface area contributed by atoms with E-state index in [2.05, 4.69) is 6.08 Å². The predicted octanol–water partition coefficient (Wildman–Crippen LogP) is 6.58. The van der Waals surface area contributed by atoms with Crippen LogP contribution in [0.1, 0.15) is 87.4 Å². The molecule has 1 amide bonds. The Kier molecular flexibility index (Phi) is 23.7. The molecule has 0 atom stereocenters. The Hall–Kier alpha value is -4.47. The molecule has 3 N–H and O–H groups in total. The van der Waals surface area contributed by atoms with Gasteiger partial charge in [0.25, 0.3) is 0 Å². The largest absolute Gasteiger partial charge is 0.481 e. The average molecular weight is 600 g/mol. The minimum atomic E-state index is -1.08. The topological polar surface area (TPSA) is 159 Å². The van der Waals surface area contributed by atoms with Crippen molar-refractivity contribution < 1.29 is 44.0 Å². The van der Waals surface area contributed by atoms with Crippen LogP contribution in [0.3, 0.4) is 0 Å². The zero-order valence-corrected chi connectivity index (χ0v) is 24.9. The summed E-state index contributed by atoms with van der Waals surface area (Å²) < 4.78 is 5.33. The second kappa shape index (κ2) is 26.4. The van der Waals surface area contributed by atoms with Crippen molar-refractivity contribution in [3.05, 3.63) is 78.4 Å². The number of carboxylic acid groups (broad SMARTS) is 3. The van der Waals surface area contributed by atoms with Crippen molar-refractivity contribution >= 4 is 36.0 Å². The molecule has 10 nitrogen and oxygen atoms in total. The molecule has 0 heterocycles. The van der Waals surface area contributed by atoms with Crippen molar-refractivity contribution in [3.8, 4) is 0 Å². The van der Waals surface area contributed by atoms with E-state index in [-0.39, 0.29) is 18.8 Å². The van der Waals surface area contributed by atoms with Crippen LogP contribution in [0.5, 0.6) is 0 Å². The van der Waals surface area contributed by atoms with Gasteiger partial charge in [-0.1, -0.05) is 87.5 Å². The Morgan fingerprint density at radius 3 is 1.70 bits per heavy atom. The number of rotatable bonds is 22. The van der Waals surface area contributed by atoms with Gasteiger partial charge in [-0.3, -0.25) is 14.4 Å². The summed E-state index contributed by atoms with van der Waals surface area (Å²) in [5, 5.41) is 24.3. The van der Waals surface area contributed by atoms with Crippen molar-refractivity contribution in [1.29, 1.82) is 0 Å². The SMILES string of the molecule is CN(C=O)c1ccc(C(=O)OCCCCCCCCCCC\C=C/C=C\C=C/C=CC(=O)O)cc1.O=C(O)CCC(=O)O. The summed E-state index contributed by atoms with van der Waals surface area (Å²) >= 11 is 0. The third-order valence-electron chi connectivity index (χ3n) is 5.90. The fourth-order valence-electron chi connectivity index (χ4n) is 3.53. The number of ether oxygens (including phenoxy) is 1. The van der Waals surface area contributed by atoms with Gasteiger partial charge < -0.3 is 25.0 Å². The number of amides is 1. The highest BCUT2D eigenvalue weighted by molar-refractivity contribution is 5.90. The maximum atomic E-state index is 12.1. The summed E-state index contributed by atoms with van der Waals surface area (Å²) in [7, 11) is 1.66. The quantitative estimate of drug-likeness (QED) is 0.0440. The maximum Gasteiger partial charge on any atom is 0.338 e. The van der Waals surface area contributed by atoms with Gasteiger partial charge in [0.1, 0.15) is 0 Å². The van der Waals surface area contributed by atoms with Crippen molar-refractivity contribution in [2.24, 2.45) is 0 Å². The molecule has 0 bridgehead atoms. The molecule has 0 unspecified atom stereocenters. The molecular weight excluding hydrogens is 554 g/mol. The number of hydrogen-bond acceptors (Lipinski definition) is 6. The molecule has 0 aromatic heterocycles. The number of esters is 1. The molecule has 43 heavy (non-hydrogen) atoms. The lowest BCUT2D eigenvalue weighted by Gasteiger charge is -2.11. The summed E-state index contributed by atoms with van der Waals surface area (Å²) in [6, 6.07) is 6.81. The standard InChI is InChI=1S/C29H39NO5.C4H6O4/c1-30(25-31)27-22-20-26(21-23-27)29(34)35-24-18-16-14-12-10-8-6-4-2-3-5-7-9-11-13-15-17-19-28(32)33;5-3(6)1-2-4(7)8/h5,7,9,11,13,15,17,19-23,25H,2-4,6,8,10,12,14,16,18,24H2,1H3,(H,32,33);1-2H2,(H,5,6)(H,7,8)/b7-5-,11-9-,15-13-,19-17?;. The number of anilines is 1. The summed E-state index contributed by atoms with van der Waals surface area (Å²) in [6.07, 6.45) is 25.9. The van der Waals surface area contributed by atoms with Gasteiger partial charge in [-0.2, -0.15) is 0 Å². The van der Waals surface area contributed by atoms with Gasteiger partial charge in [0, 0.05) is 18.8 Å². The number of nitrogens with zero attached hydrogens (tertiary/aromatic N) is 1. The number of hydrogen-bond donors (Lipinski definition) is 3. The third kappa shape index (κ3) is 25.0. The lowest BCUT2D eigenvalue weighted by atomic mass is 10.1. The summed E-state index contributed by atoms with van der Waals surface area (Å²) in [6.45, 7) is 0.440. The first-order chi connectivity index (χ1) is 20.7. The van der Waals surface area contributed by atoms with Crippen LogP contribution >= 0.6 is 0 Å². The molecule has 236 valence electrons. The molecule has 0 spiro atoms. The number of benzene rings is 1. The molecule has 1 rings (SSSR count). The minimum Gasteiger partial charge on any atom is -0.481 e. The number of carbonyl (C=O) groups is 5. The van der Waals surface area contributed by atoms with Crippen molar-refractivity contribution in [2.45, 2.75) is 77.0 Å². The van der Waals surface area contributed by atoms with E-state index >= 15 is 0 Å². The first-order valence-corrected chi connectivity index (χ1v) is 14.5. The summed E-state index contributed by atoms with van der Waals surface area (Å²) in [5.41, 5.74) is 1.23. The monoisotopic (exact) mass is 599 g/mol. The summed E-state index contributed by atoms with van der Waals surface area (Å²) in [4.78, 5) is 53.8. The fourth-order valence-corrected chi connectivity index (χ4v) is 3.53. The lowest BCUT2D eigenvalue weighted by Crippen LogP contribution is -2.14.